The average molecular weight is 210 g/mol. The molecule has 1 aromatic rings. The normalized spacial score (nSPS) is 23.2. The molecule has 1 aliphatic heterocycles. The van der Waals surface area contributed by atoms with E-state index < -0.39 is 0 Å². The molecule has 0 bridgehead atoms. The Morgan fingerprint density at radius 2 is 2.53 bits per heavy atom. The van der Waals surface area contributed by atoms with Gasteiger partial charge in [0.25, 0.3) is 0 Å². The first-order valence-electron chi connectivity index (χ1n) is 5.52. The molecule has 0 radical (unpaired) electrons. The van der Waals surface area contributed by atoms with Gasteiger partial charge in [0, 0.05) is 13.2 Å². The van der Waals surface area contributed by atoms with Crippen LogP contribution in [0.2, 0.25) is 0 Å². The topological polar surface area (TPSA) is 49.5 Å². The fourth-order valence-corrected chi connectivity index (χ4v) is 2.11. The third kappa shape index (κ3) is 2.79. The van der Waals surface area contributed by atoms with Crippen LogP contribution in [0.1, 0.15) is 24.5 Å². The van der Waals surface area contributed by atoms with E-state index in [1.807, 2.05) is 6.92 Å². The molecule has 0 spiro atoms. The van der Waals surface area contributed by atoms with E-state index in [0.29, 0.717) is 12.5 Å². The van der Waals surface area contributed by atoms with Gasteiger partial charge in [-0.1, -0.05) is 0 Å². The van der Waals surface area contributed by atoms with E-state index in [0.717, 1.165) is 44.1 Å². The number of hydrogen-bond acceptors (Lipinski definition) is 4. The van der Waals surface area contributed by atoms with Gasteiger partial charge in [-0.25, -0.2) is 4.98 Å². The summed E-state index contributed by atoms with van der Waals surface area (Å²) in [7, 11) is 0. The highest BCUT2D eigenvalue weighted by Crippen LogP contribution is 2.17. The number of oxazole rings is 1. The van der Waals surface area contributed by atoms with Crippen LogP contribution >= 0.6 is 0 Å². The van der Waals surface area contributed by atoms with Crippen molar-refractivity contribution in [2.45, 2.75) is 26.3 Å². The number of rotatable bonds is 3. The predicted molar refractivity (Wildman–Crippen MR) is 56.3 cm³/mol. The van der Waals surface area contributed by atoms with Crippen molar-refractivity contribution < 1.29 is 9.52 Å². The standard InChI is InChI=1S/C11H18N2O2/c1-9-5-12-11(15-9)7-13-4-2-3-10(6-13)8-14/h5,10,14H,2-4,6-8H2,1H3. The van der Waals surface area contributed by atoms with Crippen molar-refractivity contribution in [3.05, 3.63) is 17.8 Å². The molecule has 4 nitrogen and oxygen atoms in total. The maximum Gasteiger partial charge on any atom is 0.208 e. The van der Waals surface area contributed by atoms with E-state index in [4.69, 9.17) is 9.52 Å². The lowest BCUT2D eigenvalue weighted by molar-refractivity contribution is 0.109. The highest BCUT2D eigenvalue weighted by Gasteiger charge is 2.20. The van der Waals surface area contributed by atoms with Crippen LogP contribution < -0.4 is 0 Å². The van der Waals surface area contributed by atoms with Gasteiger partial charge in [0.15, 0.2) is 0 Å². The number of aliphatic hydroxyl groups is 1. The third-order valence-corrected chi connectivity index (χ3v) is 2.89. The van der Waals surface area contributed by atoms with E-state index in [1.165, 1.54) is 0 Å². The molecule has 1 aromatic heterocycles. The third-order valence-electron chi connectivity index (χ3n) is 2.89. The molecular formula is C11H18N2O2. The number of aliphatic hydroxyl groups excluding tert-OH is 1. The zero-order valence-corrected chi connectivity index (χ0v) is 9.15. The van der Waals surface area contributed by atoms with Crippen LogP contribution in [0.15, 0.2) is 10.6 Å². The van der Waals surface area contributed by atoms with E-state index in [2.05, 4.69) is 9.88 Å². The summed E-state index contributed by atoms with van der Waals surface area (Å²) in [5, 5.41) is 9.11. The second-order valence-corrected chi connectivity index (χ2v) is 4.29. The van der Waals surface area contributed by atoms with Crippen molar-refractivity contribution in [2.24, 2.45) is 5.92 Å². The quantitative estimate of drug-likeness (QED) is 0.814. The van der Waals surface area contributed by atoms with Crippen LogP contribution in [0, 0.1) is 12.8 Å². The summed E-state index contributed by atoms with van der Waals surface area (Å²) in [6, 6.07) is 0. The first kappa shape index (κ1) is 10.6. The van der Waals surface area contributed by atoms with Gasteiger partial charge in [-0.2, -0.15) is 0 Å². The number of piperidine rings is 1. The van der Waals surface area contributed by atoms with Crippen LogP contribution in [0.25, 0.3) is 0 Å². The van der Waals surface area contributed by atoms with Gasteiger partial charge in [0.2, 0.25) is 5.89 Å². The minimum Gasteiger partial charge on any atom is -0.445 e. The Labute approximate surface area is 89.9 Å². The summed E-state index contributed by atoms with van der Waals surface area (Å²) >= 11 is 0. The molecule has 2 rings (SSSR count). The molecule has 2 heterocycles. The molecule has 1 fully saturated rings. The van der Waals surface area contributed by atoms with Crippen molar-refractivity contribution in [3.63, 3.8) is 0 Å². The lowest BCUT2D eigenvalue weighted by Gasteiger charge is -2.30. The first-order valence-corrected chi connectivity index (χ1v) is 5.52. The molecular weight excluding hydrogens is 192 g/mol. The summed E-state index contributed by atoms with van der Waals surface area (Å²) in [5.74, 6) is 2.07. The Hall–Kier alpha value is -0.870. The molecule has 1 saturated heterocycles. The monoisotopic (exact) mass is 210 g/mol. The zero-order valence-electron chi connectivity index (χ0n) is 9.15. The number of hydrogen-bond donors (Lipinski definition) is 1. The molecule has 1 aliphatic rings. The summed E-state index contributed by atoms with van der Waals surface area (Å²) in [6.07, 6.45) is 4.05. The molecule has 0 amide bonds. The number of aryl methyl sites for hydroxylation is 1. The SMILES string of the molecule is Cc1cnc(CN2CCCC(CO)C2)o1. The lowest BCUT2D eigenvalue weighted by atomic mass is 9.99. The Kier molecular flexibility index (Phi) is 3.38. The number of nitrogens with zero attached hydrogens (tertiary/aromatic N) is 2. The van der Waals surface area contributed by atoms with Crippen molar-refractivity contribution in [1.82, 2.24) is 9.88 Å². The van der Waals surface area contributed by atoms with Crippen LogP contribution in [0.4, 0.5) is 0 Å². The molecule has 1 N–H and O–H groups in total. The molecule has 1 unspecified atom stereocenters. The van der Waals surface area contributed by atoms with E-state index in [1.54, 1.807) is 6.20 Å². The summed E-state index contributed by atoms with van der Waals surface area (Å²) in [6.45, 7) is 5.00. The fourth-order valence-electron chi connectivity index (χ4n) is 2.11. The molecule has 84 valence electrons. The minimum atomic E-state index is 0.293. The van der Waals surface area contributed by atoms with Gasteiger partial charge < -0.3 is 9.52 Å². The van der Waals surface area contributed by atoms with Gasteiger partial charge in [-0.3, -0.25) is 4.90 Å². The zero-order chi connectivity index (χ0) is 10.7. The number of aromatic nitrogens is 1. The van der Waals surface area contributed by atoms with E-state index in [9.17, 15) is 0 Å². The Morgan fingerprint density at radius 3 is 3.20 bits per heavy atom. The van der Waals surface area contributed by atoms with Gasteiger partial charge in [0.05, 0.1) is 12.7 Å². The molecule has 0 aliphatic carbocycles. The number of likely N-dealkylation sites (tertiary alicyclic amines) is 1. The highest BCUT2D eigenvalue weighted by molar-refractivity contribution is 4.91. The van der Waals surface area contributed by atoms with Gasteiger partial charge >= 0.3 is 0 Å². The maximum atomic E-state index is 9.11. The summed E-state index contributed by atoms with van der Waals surface area (Å²) < 4.78 is 5.44. The summed E-state index contributed by atoms with van der Waals surface area (Å²) in [4.78, 5) is 6.49. The first-order chi connectivity index (χ1) is 7.28. The second-order valence-electron chi connectivity index (χ2n) is 4.29. The van der Waals surface area contributed by atoms with Crippen molar-refractivity contribution in [2.75, 3.05) is 19.7 Å². The molecule has 15 heavy (non-hydrogen) atoms. The largest absolute Gasteiger partial charge is 0.445 e. The minimum absolute atomic E-state index is 0.293. The van der Waals surface area contributed by atoms with Crippen LogP contribution in [-0.2, 0) is 6.54 Å². The highest BCUT2D eigenvalue weighted by atomic mass is 16.4. The van der Waals surface area contributed by atoms with E-state index in [-0.39, 0.29) is 0 Å². The van der Waals surface area contributed by atoms with E-state index >= 15 is 0 Å². The predicted octanol–water partition coefficient (Wildman–Crippen LogP) is 1.19. The van der Waals surface area contributed by atoms with Crippen LogP contribution in [-0.4, -0.2) is 34.7 Å². The molecule has 1 atom stereocenters. The Bertz CT molecular complexity index is 311. The smallest absolute Gasteiger partial charge is 0.208 e. The van der Waals surface area contributed by atoms with Crippen molar-refractivity contribution in [3.8, 4) is 0 Å². The lowest BCUT2D eigenvalue weighted by Crippen LogP contribution is -2.36. The Balaban J connectivity index is 1.88. The maximum absolute atomic E-state index is 9.11. The average Bonchev–Trinajstić information content (AvgIpc) is 2.64. The van der Waals surface area contributed by atoms with Gasteiger partial charge in [0.1, 0.15) is 5.76 Å². The summed E-state index contributed by atoms with van der Waals surface area (Å²) in [5.41, 5.74) is 0. The Morgan fingerprint density at radius 1 is 1.67 bits per heavy atom. The van der Waals surface area contributed by atoms with Crippen molar-refractivity contribution >= 4 is 0 Å². The van der Waals surface area contributed by atoms with Crippen LogP contribution in [0.5, 0.6) is 0 Å². The second kappa shape index (κ2) is 4.77. The molecule has 0 aromatic carbocycles. The van der Waals surface area contributed by atoms with Gasteiger partial charge in [-0.05, 0) is 32.2 Å². The van der Waals surface area contributed by atoms with Gasteiger partial charge in [-0.15, -0.1) is 0 Å². The molecule has 4 heteroatoms. The van der Waals surface area contributed by atoms with Crippen LogP contribution in [0.3, 0.4) is 0 Å². The van der Waals surface area contributed by atoms with Crippen molar-refractivity contribution in [1.29, 1.82) is 0 Å². The fraction of sp³-hybridized carbons (Fsp3) is 0.727. The molecule has 0 saturated carbocycles.